The van der Waals surface area contributed by atoms with E-state index in [1.807, 2.05) is 5.32 Å². The Balaban J connectivity index is 1.75. The summed E-state index contributed by atoms with van der Waals surface area (Å²) in [5.41, 5.74) is 0.111. The molecule has 3 aliphatic rings. The van der Waals surface area contributed by atoms with Crippen molar-refractivity contribution >= 4 is 11.8 Å². The lowest BCUT2D eigenvalue weighted by molar-refractivity contribution is -0.143. The molecular weight excluding hydrogens is 379 g/mol. The van der Waals surface area contributed by atoms with Gasteiger partial charge in [-0.05, 0) is 18.9 Å². The van der Waals surface area contributed by atoms with Crippen LogP contribution in [0.15, 0.2) is 23.0 Å². The predicted molar refractivity (Wildman–Crippen MR) is 89.9 cm³/mol. The van der Waals surface area contributed by atoms with Gasteiger partial charge < -0.3 is 19.9 Å². The number of amides is 2. The molecule has 10 heteroatoms. The summed E-state index contributed by atoms with van der Waals surface area (Å²) in [6.45, 7) is -1.85. The third kappa shape index (κ3) is 3.09. The Morgan fingerprint density at radius 1 is 1.25 bits per heavy atom. The van der Waals surface area contributed by atoms with Crippen LogP contribution in [0, 0.1) is 17.8 Å². The normalized spacial score (nSPS) is 28.8. The van der Waals surface area contributed by atoms with E-state index in [4.69, 9.17) is 0 Å². The predicted octanol–water partition coefficient (Wildman–Crippen LogP) is 0.427. The van der Waals surface area contributed by atoms with E-state index in [2.05, 4.69) is 0 Å². The van der Waals surface area contributed by atoms with E-state index in [1.54, 1.807) is 6.07 Å². The molecule has 7 nitrogen and oxygen atoms in total. The molecule has 4 atom stereocenters. The highest BCUT2D eigenvalue weighted by Crippen LogP contribution is 2.50. The highest BCUT2D eigenvalue weighted by Gasteiger charge is 2.58. The molecule has 1 aromatic rings. The van der Waals surface area contributed by atoms with Gasteiger partial charge in [0.2, 0.25) is 11.8 Å². The van der Waals surface area contributed by atoms with E-state index in [9.17, 15) is 32.7 Å². The van der Waals surface area contributed by atoms with Crippen LogP contribution in [0.25, 0.3) is 0 Å². The topological polar surface area (TPSA) is 91.6 Å². The summed E-state index contributed by atoms with van der Waals surface area (Å²) < 4.78 is 39.2. The first-order chi connectivity index (χ1) is 13.2. The summed E-state index contributed by atoms with van der Waals surface area (Å²) in [5, 5.41) is 11.8. The Labute approximate surface area is 158 Å². The van der Waals surface area contributed by atoms with Crippen molar-refractivity contribution in [1.82, 2.24) is 14.8 Å². The maximum Gasteiger partial charge on any atom is 0.405 e. The van der Waals surface area contributed by atoms with Crippen molar-refractivity contribution in [3.8, 4) is 0 Å². The molecule has 2 aliphatic heterocycles. The minimum absolute atomic E-state index is 0.109. The molecule has 2 fully saturated rings. The Hall–Kier alpha value is -2.36. The molecule has 1 saturated heterocycles. The second-order valence-corrected chi connectivity index (χ2v) is 7.64. The Morgan fingerprint density at radius 3 is 2.57 bits per heavy atom. The van der Waals surface area contributed by atoms with Gasteiger partial charge in [-0.25, -0.2) is 0 Å². The molecule has 3 heterocycles. The van der Waals surface area contributed by atoms with Crippen molar-refractivity contribution in [1.29, 1.82) is 0 Å². The van der Waals surface area contributed by atoms with E-state index in [0.29, 0.717) is 5.69 Å². The zero-order valence-corrected chi connectivity index (χ0v) is 14.9. The number of fused-ring (bicyclic) bond motifs is 4. The molecule has 0 unspecified atom stereocenters. The van der Waals surface area contributed by atoms with Crippen LogP contribution in [-0.2, 0) is 16.1 Å². The molecule has 28 heavy (non-hydrogen) atoms. The van der Waals surface area contributed by atoms with Gasteiger partial charge in [-0.15, -0.1) is 0 Å². The summed E-state index contributed by atoms with van der Waals surface area (Å²) >= 11 is 0. The third-order valence-electron chi connectivity index (χ3n) is 5.87. The Morgan fingerprint density at radius 2 is 1.96 bits per heavy atom. The number of alkyl halides is 3. The lowest BCUT2D eigenvalue weighted by Crippen LogP contribution is -2.49. The van der Waals surface area contributed by atoms with Gasteiger partial charge in [0.25, 0.3) is 5.56 Å². The van der Waals surface area contributed by atoms with E-state index in [-0.39, 0.29) is 23.9 Å². The van der Waals surface area contributed by atoms with Crippen LogP contribution in [0.2, 0.25) is 0 Å². The Kier molecular flexibility index (Phi) is 4.48. The smallest absolute Gasteiger partial charge is 0.396 e. The van der Waals surface area contributed by atoms with E-state index >= 15 is 0 Å². The van der Waals surface area contributed by atoms with Crippen molar-refractivity contribution in [3.63, 3.8) is 0 Å². The molecule has 0 spiro atoms. The molecule has 1 aliphatic carbocycles. The highest BCUT2D eigenvalue weighted by molar-refractivity contribution is 5.86. The second-order valence-electron chi connectivity index (χ2n) is 7.64. The minimum atomic E-state index is -4.57. The molecule has 2 amide bonds. The van der Waals surface area contributed by atoms with Crippen LogP contribution in [0.3, 0.4) is 0 Å². The first kappa shape index (κ1) is 19.0. The van der Waals surface area contributed by atoms with Crippen molar-refractivity contribution in [2.24, 2.45) is 17.8 Å². The molecule has 152 valence electrons. The van der Waals surface area contributed by atoms with E-state index in [1.165, 1.54) is 21.6 Å². The number of pyridine rings is 1. The zero-order valence-electron chi connectivity index (χ0n) is 14.9. The van der Waals surface area contributed by atoms with Gasteiger partial charge in [-0.2, -0.15) is 13.2 Å². The number of nitrogens with zero attached hydrogens (tertiary/aromatic N) is 2. The highest BCUT2D eigenvalue weighted by atomic mass is 19.4. The number of carbonyl (C=O) groups excluding carboxylic acids is 2. The number of halogens is 3. The van der Waals surface area contributed by atoms with Gasteiger partial charge in [0.15, 0.2) is 0 Å². The van der Waals surface area contributed by atoms with Gasteiger partial charge in [-0.3, -0.25) is 14.4 Å². The summed E-state index contributed by atoms with van der Waals surface area (Å²) in [4.78, 5) is 39.4. The molecule has 2 N–H and O–H groups in total. The number of aliphatic hydroxyl groups excluding tert-OH is 1. The first-order valence-corrected chi connectivity index (χ1v) is 9.20. The van der Waals surface area contributed by atoms with Crippen molar-refractivity contribution < 1.29 is 27.9 Å². The third-order valence-corrected chi connectivity index (χ3v) is 5.87. The average molecular weight is 399 g/mol. The van der Waals surface area contributed by atoms with E-state index in [0.717, 1.165) is 12.8 Å². The van der Waals surface area contributed by atoms with Gasteiger partial charge in [0.1, 0.15) is 6.54 Å². The lowest BCUT2D eigenvalue weighted by Gasteiger charge is -2.38. The van der Waals surface area contributed by atoms with Gasteiger partial charge in [0, 0.05) is 36.7 Å². The number of rotatable bonds is 4. The number of hydrogen-bond donors (Lipinski definition) is 2. The summed E-state index contributed by atoms with van der Waals surface area (Å²) in [6.07, 6.45) is -3.12. The van der Waals surface area contributed by atoms with Crippen LogP contribution in [0.5, 0.6) is 0 Å². The van der Waals surface area contributed by atoms with Crippen LogP contribution < -0.4 is 10.9 Å². The molecule has 2 bridgehead atoms. The number of hydrogen-bond acceptors (Lipinski definition) is 4. The van der Waals surface area contributed by atoms with Crippen molar-refractivity contribution in [2.45, 2.75) is 37.6 Å². The van der Waals surface area contributed by atoms with Crippen LogP contribution in [0.4, 0.5) is 13.2 Å². The first-order valence-electron chi connectivity index (χ1n) is 9.20. The quantitative estimate of drug-likeness (QED) is 0.768. The largest absolute Gasteiger partial charge is 0.405 e. The van der Waals surface area contributed by atoms with Gasteiger partial charge in [0.05, 0.1) is 18.0 Å². The lowest BCUT2D eigenvalue weighted by atomic mass is 9.86. The van der Waals surface area contributed by atoms with Crippen molar-refractivity contribution in [2.75, 3.05) is 13.2 Å². The number of carbonyl (C=O) groups is 2. The minimum Gasteiger partial charge on any atom is -0.396 e. The fourth-order valence-electron chi connectivity index (χ4n) is 4.51. The molecule has 0 aromatic carbocycles. The molecule has 1 aromatic heterocycles. The van der Waals surface area contributed by atoms with Crippen LogP contribution >= 0.6 is 0 Å². The molecular formula is C18H20F3N3O4. The second kappa shape index (κ2) is 6.61. The average Bonchev–Trinajstić information content (AvgIpc) is 3.44. The molecule has 4 rings (SSSR count). The standard InChI is InChI=1S/C18H20F3N3O4/c19-18(20,21)8-22-16(27)14-10(7-25)12-6-23-11(2-1-3-13(23)26)15(14)24(12)17(28)9-4-5-9/h1-3,9-10,12,14-15,25H,4-8H2,(H,22,27)/t10-,12-,14+,15+/m0/s1. The number of aromatic nitrogens is 1. The SMILES string of the molecule is O=C(NCC(F)(F)F)[C@@H]1[C@@H](CO)[C@@H]2Cn3c(cccc3=O)[C@H]1N2C(=O)C1CC1. The monoisotopic (exact) mass is 399 g/mol. The van der Waals surface area contributed by atoms with Crippen LogP contribution in [-0.4, -0.2) is 51.8 Å². The summed E-state index contributed by atoms with van der Waals surface area (Å²) in [7, 11) is 0. The maximum atomic E-state index is 12.9. The zero-order chi connectivity index (χ0) is 20.2. The molecule has 0 radical (unpaired) electrons. The Bertz CT molecular complexity index is 864. The number of nitrogens with one attached hydrogen (secondary N) is 1. The molecule has 1 saturated carbocycles. The van der Waals surface area contributed by atoms with E-state index < -0.39 is 49.2 Å². The van der Waals surface area contributed by atoms with Crippen molar-refractivity contribution in [3.05, 3.63) is 34.2 Å². The van der Waals surface area contributed by atoms with Gasteiger partial charge in [-0.1, -0.05) is 6.07 Å². The number of aliphatic hydroxyl groups is 1. The van der Waals surface area contributed by atoms with Gasteiger partial charge >= 0.3 is 6.18 Å². The van der Waals surface area contributed by atoms with Crippen LogP contribution in [0.1, 0.15) is 24.6 Å². The fourth-order valence-corrected chi connectivity index (χ4v) is 4.51. The summed E-state index contributed by atoms with van der Waals surface area (Å²) in [5.74, 6) is -3.01. The summed E-state index contributed by atoms with van der Waals surface area (Å²) in [6, 6.07) is 2.99. The fraction of sp³-hybridized carbons (Fsp3) is 0.611. The maximum absolute atomic E-state index is 12.9.